The van der Waals surface area contributed by atoms with Crippen molar-refractivity contribution in [1.29, 1.82) is 0 Å². The molecule has 1 unspecified atom stereocenters. The van der Waals surface area contributed by atoms with Gasteiger partial charge in [0.05, 0.1) is 5.56 Å². The van der Waals surface area contributed by atoms with Gasteiger partial charge in [0.25, 0.3) is 0 Å². The molecule has 0 bridgehead atoms. The van der Waals surface area contributed by atoms with Gasteiger partial charge in [-0.25, -0.2) is 0 Å². The Hall–Kier alpha value is -1.56. The predicted octanol–water partition coefficient (Wildman–Crippen LogP) is 3.10. The Morgan fingerprint density at radius 1 is 1.38 bits per heavy atom. The second-order valence-corrected chi connectivity index (χ2v) is 6.39. The fourth-order valence-electron chi connectivity index (χ4n) is 2.24. The fraction of sp³-hybridized carbons (Fsp3) is 0.467. The van der Waals surface area contributed by atoms with Gasteiger partial charge in [-0.15, -0.1) is 0 Å². The number of carboxylic acid groups (broad SMARTS) is 1. The molecule has 0 aliphatic carbocycles. The number of aliphatic carboxylic acids is 1. The third-order valence-corrected chi connectivity index (χ3v) is 3.75. The third-order valence-electron chi connectivity index (χ3n) is 3.10. The lowest BCUT2D eigenvalue weighted by Crippen LogP contribution is -2.20. The third kappa shape index (κ3) is 6.16. The zero-order chi connectivity index (χ0) is 16.0. The summed E-state index contributed by atoms with van der Waals surface area (Å²) in [5.41, 5.74) is 6.49. The van der Waals surface area contributed by atoms with E-state index < -0.39 is 11.9 Å². The van der Waals surface area contributed by atoms with Crippen molar-refractivity contribution in [1.82, 2.24) is 0 Å². The number of rotatable bonds is 8. The van der Waals surface area contributed by atoms with Gasteiger partial charge in [-0.1, -0.05) is 13.8 Å². The molecule has 0 aromatic heterocycles. The molecule has 0 heterocycles. The smallest absolute Gasteiger partial charge is 0.303 e. The van der Waals surface area contributed by atoms with Crippen LogP contribution in [0.15, 0.2) is 22.7 Å². The van der Waals surface area contributed by atoms with Crippen LogP contribution < -0.4 is 11.1 Å². The van der Waals surface area contributed by atoms with Crippen LogP contribution in [0.1, 0.15) is 37.0 Å². The highest BCUT2D eigenvalue weighted by molar-refractivity contribution is 9.10. The molecule has 0 saturated carbocycles. The van der Waals surface area contributed by atoms with Gasteiger partial charge in [-0.05, 0) is 52.4 Å². The first-order chi connectivity index (χ1) is 9.79. The van der Waals surface area contributed by atoms with Gasteiger partial charge in [-0.2, -0.15) is 0 Å². The molecule has 116 valence electrons. The van der Waals surface area contributed by atoms with Crippen LogP contribution in [-0.4, -0.2) is 23.5 Å². The average molecular weight is 357 g/mol. The number of carboxylic acids is 1. The number of nitrogens with one attached hydrogen (secondary N) is 1. The van der Waals surface area contributed by atoms with Gasteiger partial charge in [0.1, 0.15) is 0 Å². The molecule has 0 aliphatic rings. The highest BCUT2D eigenvalue weighted by Gasteiger charge is 2.15. The van der Waals surface area contributed by atoms with Gasteiger partial charge < -0.3 is 16.2 Å². The quantitative estimate of drug-likeness (QED) is 0.667. The summed E-state index contributed by atoms with van der Waals surface area (Å²) in [6.45, 7) is 4.73. The van der Waals surface area contributed by atoms with E-state index in [4.69, 9.17) is 10.8 Å². The maximum Gasteiger partial charge on any atom is 0.303 e. The molecule has 1 aromatic carbocycles. The Kier molecular flexibility index (Phi) is 6.68. The van der Waals surface area contributed by atoms with Gasteiger partial charge in [0.2, 0.25) is 5.91 Å². The molecule has 0 saturated heterocycles. The lowest BCUT2D eigenvalue weighted by Gasteiger charge is -2.18. The number of halogens is 1. The van der Waals surface area contributed by atoms with Crippen LogP contribution in [0, 0.1) is 11.8 Å². The van der Waals surface area contributed by atoms with E-state index in [1.807, 2.05) is 0 Å². The van der Waals surface area contributed by atoms with Gasteiger partial charge >= 0.3 is 5.97 Å². The van der Waals surface area contributed by atoms with Crippen molar-refractivity contribution in [2.45, 2.75) is 26.7 Å². The van der Waals surface area contributed by atoms with Crippen LogP contribution in [0.3, 0.4) is 0 Å². The van der Waals surface area contributed by atoms with E-state index in [1.165, 1.54) is 0 Å². The first-order valence-electron chi connectivity index (χ1n) is 6.84. The normalized spacial score (nSPS) is 12.2. The van der Waals surface area contributed by atoms with E-state index in [-0.39, 0.29) is 12.3 Å². The van der Waals surface area contributed by atoms with Crippen molar-refractivity contribution in [2.75, 3.05) is 11.9 Å². The molecule has 0 radical (unpaired) electrons. The van der Waals surface area contributed by atoms with Crippen LogP contribution in [0.4, 0.5) is 5.69 Å². The number of hydrogen-bond donors (Lipinski definition) is 3. The van der Waals surface area contributed by atoms with Crippen molar-refractivity contribution >= 4 is 33.5 Å². The minimum Gasteiger partial charge on any atom is -0.481 e. The van der Waals surface area contributed by atoms with Crippen molar-refractivity contribution < 1.29 is 14.7 Å². The molecular weight excluding hydrogens is 336 g/mol. The standard InChI is InChI=1S/C15H21BrN2O3/c1-9(2)5-10(6-14(19)20)8-18-11-3-4-12(15(17)21)13(16)7-11/h3-4,7,9-10,18H,5-6,8H2,1-2H3,(H2,17,21)(H,19,20). The molecule has 1 rings (SSSR count). The lowest BCUT2D eigenvalue weighted by atomic mass is 9.94. The maximum atomic E-state index is 11.1. The number of carbonyl (C=O) groups is 2. The molecule has 1 atom stereocenters. The van der Waals surface area contributed by atoms with Crippen LogP contribution in [-0.2, 0) is 4.79 Å². The van der Waals surface area contributed by atoms with Crippen LogP contribution in [0.2, 0.25) is 0 Å². The first-order valence-corrected chi connectivity index (χ1v) is 7.64. The van der Waals surface area contributed by atoms with Crippen LogP contribution >= 0.6 is 15.9 Å². The Labute approximate surface area is 133 Å². The molecular formula is C15H21BrN2O3. The summed E-state index contributed by atoms with van der Waals surface area (Å²) in [5.74, 6) is -0.762. The number of nitrogens with two attached hydrogens (primary N) is 1. The van der Waals surface area contributed by atoms with Crippen molar-refractivity contribution in [2.24, 2.45) is 17.6 Å². The van der Waals surface area contributed by atoms with Crippen molar-refractivity contribution in [3.05, 3.63) is 28.2 Å². The summed E-state index contributed by atoms with van der Waals surface area (Å²) < 4.78 is 0.624. The second kappa shape index (κ2) is 8.02. The summed E-state index contributed by atoms with van der Waals surface area (Å²) in [4.78, 5) is 22.0. The number of carbonyl (C=O) groups excluding carboxylic acids is 1. The summed E-state index contributed by atoms with van der Waals surface area (Å²) in [5, 5.41) is 12.2. The summed E-state index contributed by atoms with van der Waals surface area (Å²) >= 11 is 3.30. The maximum absolute atomic E-state index is 11.1. The van der Waals surface area contributed by atoms with E-state index in [0.29, 0.717) is 22.5 Å². The van der Waals surface area contributed by atoms with E-state index in [9.17, 15) is 9.59 Å². The molecule has 1 amide bonds. The molecule has 0 spiro atoms. The molecule has 4 N–H and O–H groups in total. The Balaban J connectivity index is 2.69. The number of hydrogen-bond acceptors (Lipinski definition) is 3. The summed E-state index contributed by atoms with van der Waals surface area (Å²) in [7, 11) is 0. The molecule has 0 fully saturated rings. The SMILES string of the molecule is CC(C)CC(CNc1ccc(C(N)=O)c(Br)c1)CC(=O)O. The fourth-order valence-corrected chi connectivity index (χ4v) is 2.81. The minimum atomic E-state index is -0.785. The molecule has 6 heteroatoms. The number of primary amides is 1. The average Bonchev–Trinajstić information content (AvgIpc) is 2.34. The van der Waals surface area contributed by atoms with E-state index in [2.05, 4.69) is 35.1 Å². The zero-order valence-corrected chi connectivity index (χ0v) is 13.8. The summed E-state index contributed by atoms with van der Waals surface area (Å²) in [6, 6.07) is 5.18. The Morgan fingerprint density at radius 2 is 2.05 bits per heavy atom. The first kappa shape index (κ1) is 17.5. The van der Waals surface area contributed by atoms with E-state index in [0.717, 1.165) is 12.1 Å². The predicted molar refractivity (Wildman–Crippen MR) is 86.3 cm³/mol. The molecule has 1 aromatic rings. The van der Waals surface area contributed by atoms with E-state index in [1.54, 1.807) is 18.2 Å². The monoisotopic (exact) mass is 356 g/mol. The number of anilines is 1. The highest BCUT2D eigenvalue weighted by atomic mass is 79.9. The van der Waals surface area contributed by atoms with Gasteiger partial charge in [-0.3, -0.25) is 9.59 Å². The lowest BCUT2D eigenvalue weighted by molar-refractivity contribution is -0.138. The minimum absolute atomic E-state index is 0.0668. The highest BCUT2D eigenvalue weighted by Crippen LogP contribution is 2.22. The summed E-state index contributed by atoms with van der Waals surface area (Å²) in [6.07, 6.45) is 0.992. The number of benzene rings is 1. The van der Waals surface area contributed by atoms with Gasteiger partial charge in [0, 0.05) is 23.1 Å². The van der Waals surface area contributed by atoms with Crippen LogP contribution in [0.25, 0.3) is 0 Å². The topological polar surface area (TPSA) is 92.4 Å². The van der Waals surface area contributed by atoms with Gasteiger partial charge in [0.15, 0.2) is 0 Å². The Morgan fingerprint density at radius 3 is 2.52 bits per heavy atom. The zero-order valence-electron chi connectivity index (χ0n) is 12.2. The number of amides is 1. The van der Waals surface area contributed by atoms with E-state index >= 15 is 0 Å². The molecule has 0 aliphatic heterocycles. The van der Waals surface area contributed by atoms with Crippen molar-refractivity contribution in [3.8, 4) is 0 Å². The van der Waals surface area contributed by atoms with Crippen LogP contribution in [0.5, 0.6) is 0 Å². The Bertz CT molecular complexity index is 518. The molecule has 21 heavy (non-hydrogen) atoms. The largest absolute Gasteiger partial charge is 0.481 e. The molecule has 5 nitrogen and oxygen atoms in total. The second-order valence-electron chi connectivity index (χ2n) is 5.53. The van der Waals surface area contributed by atoms with Crippen molar-refractivity contribution in [3.63, 3.8) is 0 Å².